The summed E-state index contributed by atoms with van der Waals surface area (Å²) in [6, 6.07) is 11.6. The topological polar surface area (TPSA) is 75.8 Å². The van der Waals surface area contributed by atoms with Crippen LogP contribution in [0.2, 0.25) is 0 Å². The number of carbonyl (C=O) groups excluding carboxylic acids is 1. The molecule has 0 fully saturated rings. The van der Waals surface area contributed by atoms with Crippen LogP contribution in [0.25, 0.3) is 0 Å². The van der Waals surface area contributed by atoms with Crippen LogP contribution in [0.15, 0.2) is 42.5 Å². The van der Waals surface area contributed by atoms with Gasteiger partial charge in [0, 0.05) is 19.8 Å². The van der Waals surface area contributed by atoms with Crippen molar-refractivity contribution in [2.45, 2.75) is 6.61 Å². The van der Waals surface area contributed by atoms with Gasteiger partial charge in [-0.25, -0.2) is 4.79 Å². The second kappa shape index (κ2) is 6.17. The fraction of sp³-hybridized carbons (Fsp3) is 0.188. The molecule has 3 N–H and O–H groups in total. The normalized spacial score (nSPS) is 10.2. The van der Waals surface area contributed by atoms with Gasteiger partial charge in [-0.15, -0.1) is 0 Å². The van der Waals surface area contributed by atoms with Gasteiger partial charge in [-0.3, -0.25) is 0 Å². The predicted octanol–water partition coefficient (Wildman–Crippen LogP) is 2.40. The molecular weight excluding hydrogens is 268 g/mol. The van der Waals surface area contributed by atoms with Crippen LogP contribution in [0.3, 0.4) is 0 Å². The maximum atomic E-state index is 12.2. The van der Waals surface area contributed by atoms with Gasteiger partial charge in [0.15, 0.2) is 0 Å². The van der Waals surface area contributed by atoms with E-state index in [1.807, 2.05) is 19.0 Å². The molecule has 0 amide bonds. The summed E-state index contributed by atoms with van der Waals surface area (Å²) < 4.78 is 5.30. The number of nitrogen functional groups attached to an aromatic ring is 1. The number of rotatable bonds is 4. The summed E-state index contributed by atoms with van der Waals surface area (Å²) in [5.74, 6) is -0.255. The van der Waals surface area contributed by atoms with Crippen LogP contribution in [0.5, 0.6) is 5.75 Å². The number of carbonyl (C=O) groups is 1. The molecule has 0 aromatic heterocycles. The molecule has 0 spiro atoms. The minimum absolute atomic E-state index is 0.140. The lowest BCUT2D eigenvalue weighted by molar-refractivity contribution is 0.0473. The van der Waals surface area contributed by atoms with Crippen molar-refractivity contribution in [1.29, 1.82) is 0 Å². The summed E-state index contributed by atoms with van der Waals surface area (Å²) in [7, 11) is 3.70. The highest BCUT2D eigenvalue weighted by atomic mass is 16.5. The van der Waals surface area contributed by atoms with Gasteiger partial charge < -0.3 is 20.5 Å². The maximum Gasteiger partial charge on any atom is 0.340 e. The molecule has 2 aromatic rings. The fourth-order valence-corrected chi connectivity index (χ4v) is 1.93. The number of esters is 1. The Morgan fingerprint density at radius 2 is 1.86 bits per heavy atom. The SMILES string of the molecule is CN(C)c1ccc(N)cc1C(=O)OCc1ccc(O)cc1. The number of phenols is 1. The van der Waals surface area contributed by atoms with Crippen molar-refractivity contribution in [2.75, 3.05) is 24.7 Å². The number of benzene rings is 2. The first-order valence-electron chi connectivity index (χ1n) is 6.49. The van der Waals surface area contributed by atoms with Crippen LogP contribution in [0, 0.1) is 0 Å². The van der Waals surface area contributed by atoms with Gasteiger partial charge >= 0.3 is 5.97 Å². The van der Waals surface area contributed by atoms with Crippen LogP contribution in [-0.4, -0.2) is 25.2 Å². The number of anilines is 2. The molecule has 0 bridgehead atoms. The van der Waals surface area contributed by atoms with Crippen molar-refractivity contribution < 1.29 is 14.6 Å². The molecule has 0 aliphatic rings. The quantitative estimate of drug-likeness (QED) is 0.666. The molecule has 0 saturated heterocycles. The molecule has 110 valence electrons. The molecule has 0 aliphatic heterocycles. The maximum absolute atomic E-state index is 12.2. The molecule has 0 aliphatic carbocycles. The van der Waals surface area contributed by atoms with E-state index in [1.54, 1.807) is 42.5 Å². The Hall–Kier alpha value is -2.69. The minimum Gasteiger partial charge on any atom is -0.508 e. The van der Waals surface area contributed by atoms with Gasteiger partial charge in [0.05, 0.1) is 11.3 Å². The van der Waals surface area contributed by atoms with Gasteiger partial charge in [-0.1, -0.05) is 12.1 Å². The first-order chi connectivity index (χ1) is 9.97. The summed E-state index contributed by atoms with van der Waals surface area (Å²) in [6.45, 7) is 0.140. The van der Waals surface area contributed by atoms with E-state index in [0.29, 0.717) is 11.3 Å². The number of phenolic OH excluding ortho intramolecular Hbond substituents is 1. The standard InChI is InChI=1S/C16H18N2O3/c1-18(2)15-8-5-12(17)9-14(15)16(20)21-10-11-3-6-13(19)7-4-11/h3-9,19H,10,17H2,1-2H3. The summed E-state index contributed by atoms with van der Waals surface area (Å²) >= 11 is 0. The number of aromatic hydroxyl groups is 1. The van der Waals surface area contributed by atoms with E-state index in [4.69, 9.17) is 10.5 Å². The van der Waals surface area contributed by atoms with Crippen molar-refractivity contribution >= 4 is 17.3 Å². The third kappa shape index (κ3) is 3.66. The molecule has 0 heterocycles. The third-order valence-corrected chi connectivity index (χ3v) is 3.03. The average Bonchev–Trinajstić information content (AvgIpc) is 2.46. The second-order valence-electron chi connectivity index (χ2n) is 4.91. The van der Waals surface area contributed by atoms with Crippen molar-refractivity contribution in [3.8, 4) is 5.75 Å². The van der Waals surface area contributed by atoms with Gasteiger partial charge in [-0.05, 0) is 35.9 Å². The van der Waals surface area contributed by atoms with Crippen molar-refractivity contribution in [3.63, 3.8) is 0 Å². The molecule has 0 saturated carbocycles. The van der Waals surface area contributed by atoms with E-state index in [0.717, 1.165) is 11.3 Å². The summed E-state index contributed by atoms with van der Waals surface area (Å²) in [4.78, 5) is 14.0. The van der Waals surface area contributed by atoms with Crippen LogP contribution in [0.1, 0.15) is 15.9 Å². The zero-order valence-corrected chi connectivity index (χ0v) is 12.0. The first kappa shape index (κ1) is 14.7. The molecule has 0 unspecified atom stereocenters. The highest BCUT2D eigenvalue weighted by molar-refractivity contribution is 5.96. The highest BCUT2D eigenvalue weighted by Gasteiger charge is 2.15. The number of nitrogens with zero attached hydrogens (tertiary/aromatic N) is 1. The van der Waals surface area contributed by atoms with E-state index in [-0.39, 0.29) is 12.4 Å². The van der Waals surface area contributed by atoms with Crippen LogP contribution >= 0.6 is 0 Å². The third-order valence-electron chi connectivity index (χ3n) is 3.03. The van der Waals surface area contributed by atoms with Crippen molar-refractivity contribution in [3.05, 3.63) is 53.6 Å². The van der Waals surface area contributed by atoms with E-state index >= 15 is 0 Å². The second-order valence-corrected chi connectivity index (χ2v) is 4.91. The summed E-state index contributed by atoms with van der Waals surface area (Å²) in [5, 5.41) is 9.21. The van der Waals surface area contributed by atoms with E-state index < -0.39 is 5.97 Å². The van der Waals surface area contributed by atoms with Crippen molar-refractivity contribution in [1.82, 2.24) is 0 Å². The Labute approximate surface area is 123 Å². The fourth-order valence-electron chi connectivity index (χ4n) is 1.93. The summed E-state index contributed by atoms with van der Waals surface area (Å²) in [5.41, 5.74) is 8.23. The van der Waals surface area contributed by atoms with Crippen LogP contribution in [0.4, 0.5) is 11.4 Å². The van der Waals surface area contributed by atoms with Gasteiger partial charge in [0.2, 0.25) is 0 Å². The smallest absolute Gasteiger partial charge is 0.340 e. The molecule has 21 heavy (non-hydrogen) atoms. The Kier molecular flexibility index (Phi) is 4.33. The molecule has 2 aromatic carbocycles. The lowest BCUT2D eigenvalue weighted by Crippen LogP contribution is -2.15. The zero-order valence-electron chi connectivity index (χ0n) is 12.0. The molecule has 0 radical (unpaired) electrons. The Bertz CT molecular complexity index is 636. The summed E-state index contributed by atoms with van der Waals surface area (Å²) in [6.07, 6.45) is 0. The average molecular weight is 286 g/mol. The first-order valence-corrected chi connectivity index (χ1v) is 6.49. The number of ether oxygens (including phenoxy) is 1. The Morgan fingerprint density at radius 3 is 2.48 bits per heavy atom. The Morgan fingerprint density at radius 1 is 1.19 bits per heavy atom. The van der Waals surface area contributed by atoms with E-state index in [2.05, 4.69) is 0 Å². The zero-order chi connectivity index (χ0) is 15.4. The van der Waals surface area contributed by atoms with E-state index in [1.165, 1.54) is 0 Å². The van der Waals surface area contributed by atoms with Crippen LogP contribution < -0.4 is 10.6 Å². The molecule has 0 atom stereocenters. The molecule has 2 rings (SSSR count). The Balaban J connectivity index is 2.13. The lowest BCUT2D eigenvalue weighted by atomic mass is 10.1. The number of hydrogen-bond donors (Lipinski definition) is 2. The number of nitrogens with two attached hydrogens (primary N) is 1. The van der Waals surface area contributed by atoms with Gasteiger partial charge in [0.25, 0.3) is 0 Å². The minimum atomic E-state index is -0.431. The van der Waals surface area contributed by atoms with Crippen molar-refractivity contribution in [2.24, 2.45) is 0 Å². The predicted molar refractivity (Wildman–Crippen MR) is 82.4 cm³/mol. The lowest BCUT2D eigenvalue weighted by Gasteiger charge is -2.17. The largest absolute Gasteiger partial charge is 0.508 e. The van der Waals surface area contributed by atoms with Gasteiger partial charge in [-0.2, -0.15) is 0 Å². The van der Waals surface area contributed by atoms with Gasteiger partial charge in [0.1, 0.15) is 12.4 Å². The number of hydrogen-bond acceptors (Lipinski definition) is 5. The molecule has 5 heteroatoms. The van der Waals surface area contributed by atoms with E-state index in [9.17, 15) is 9.90 Å². The molecular formula is C16H18N2O3. The molecule has 5 nitrogen and oxygen atoms in total. The monoisotopic (exact) mass is 286 g/mol. The van der Waals surface area contributed by atoms with Crippen LogP contribution in [-0.2, 0) is 11.3 Å². The highest BCUT2D eigenvalue weighted by Crippen LogP contribution is 2.22.